The summed E-state index contributed by atoms with van der Waals surface area (Å²) in [6.45, 7) is 9.10. The Balaban J connectivity index is 0.723. The van der Waals surface area contributed by atoms with Gasteiger partial charge in [-0.25, -0.2) is 4.98 Å². The molecule has 6 aliphatic rings. The van der Waals surface area contributed by atoms with Crippen molar-refractivity contribution in [2.24, 2.45) is 5.92 Å². The third-order valence-corrected chi connectivity index (χ3v) is 13.2. The van der Waals surface area contributed by atoms with Crippen LogP contribution in [0.4, 0.5) is 28.8 Å². The van der Waals surface area contributed by atoms with E-state index < -0.39 is 11.9 Å². The van der Waals surface area contributed by atoms with Crippen molar-refractivity contribution in [2.75, 3.05) is 81.5 Å². The van der Waals surface area contributed by atoms with Gasteiger partial charge in [-0.2, -0.15) is 4.98 Å². The van der Waals surface area contributed by atoms with E-state index >= 15 is 0 Å². The first-order valence-electron chi connectivity index (χ1n) is 22.5. The van der Waals surface area contributed by atoms with Gasteiger partial charge in [0.1, 0.15) is 17.5 Å². The number of fused-ring (bicyclic) bond motifs is 2. The Morgan fingerprint density at radius 2 is 1.78 bits per heavy atom. The summed E-state index contributed by atoms with van der Waals surface area (Å²) in [7, 11) is 1.70. The molecule has 0 bridgehead atoms. The molecule has 16 heteroatoms. The van der Waals surface area contributed by atoms with E-state index in [0.29, 0.717) is 90.0 Å². The fraction of sp³-hybridized carbons (Fsp3) is 0.438. The molecule has 3 saturated heterocycles. The molecule has 0 radical (unpaired) electrons. The molecule has 1 aromatic heterocycles. The molecular formula is C48H54N10O6. The molecule has 6 heterocycles. The minimum absolute atomic E-state index is 0.0150. The van der Waals surface area contributed by atoms with Gasteiger partial charge in [-0.1, -0.05) is 30.2 Å². The maximum Gasteiger partial charge on any atom is 0.260 e. The minimum atomic E-state index is -0.614. The first-order chi connectivity index (χ1) is 31.1. The van der Waals surface area contributed by atoms with Crippen LogP contribution in [0.25, 0.3) is 0 Å². The number of benzene rings is 2. The van der Waals surface area contributed by atoms with Gasteiger partial charge in [-0.15, -0.1) is 5.92 Å². The fourth-order valence-electron chi connectivity index (χ4n) is 9.63. The third-order valence-electron chi connectivity index (χ3n) is 13.2. The Morgan fingerprint density at radius 3 is 2.58 bits per heavy atom. The first kappa shape index (κ1) is 42.7. The van der Waals surface area contributed by atoms with Crippen molar-refractivity contribution in [1.82, 2.24) is 34.9 Å². The maximum atomic E-state index is 13.8. The van der Waals surface area contributed by atoms with E-state index in [1.807, 2.05) is 54.3 Å². The molecule has 0 spiro atoms. The fourth-order valence-corrected chi connectivity index (χ4v) is 9.63. The number of ether oxygens (including phenoxy) is 1. The van der Waals surface area contributed by atoms with E-state index in [1.54, 1.807) is 30.3 Å². The summed E-state index contributed by atoms with van der Waals surface area (Å²) in [5.41, 5.74) is 4.59. The molecule has 3 fully saturated rings. The number of carbonyl (C=O) groups excluding carboxylic acids is 5. The van der Waals surface area contributed by atoms with Gasteiger partial charge >= 0.3 is 0 Å². The summed E-state index contributed by atoms with van der Waals surface area (Å²) < 4.78 is 6.00. The zero-order valence-electron chi connectivity index (χ0n) is 36.4. The molecule has 1 aliphatic carbocycles. The Bertz CT molecular complexity index is 2480. The third kappa shape index (κ3) is 8.82. The number of nitrogens with zero attached hydrogens (tertiary/aromatic N) is 7. The highest BCUT2D eigenvalue weighted by Crippen LogP contribution is 2.37. The van der Waals surface area contributed by atoms with Gasteiger partial charge in [-0.3, -0.25) is 34.2 Å². The number of hydrogen-bond acceptors (Lipinski definition) is 12. The van der Waals surface area contributed by atoms with Crippen molar-refractivity contribution in [1.29, 1.82) is 0 Å². The number of rotatable bonds is 10. The standard InChI is InChI=1S/C48H54N10O6/c1-3-64-41-28-32(15-16-38(41)51-48-49-29-40-43(53-48)50-37-14-7-6-12-35(37)46(62)54(40)2)45(61)57-22-19-33(20-23-57)56-26-24-55(25-27-56)21-8-4-5-10-31-11-9-13-34-36(31)30-58(47(34)63)39-17-18-42(59)52-44(39)60/h6-7,9,12-16,28-29,31,33,39H,3-4,8,11,17-27,30H2,1-2H3,(H,52,59,60)(H2,49,50,51,53). The molecule has 0 saturated carbocycles. The van der Waals surface area contributed by atoms with E-state index in [4.69, 9.17) is 9.72 Å². The van der Waals surface area contributed by atoms with Crippen LogP contribution in [-0.2, 0) is 14.4 Å². The lowest BCUT2D eigenvalue weighted by atomic mass is 9.89. The summed E-state index contributed by atoms with van der Waals surface area (Å²) in [4.78, 5) is 83.6. The number of amides is 5. The highest BCUT2D eigenvalue weighted by molar-refractivity contribution is 6.13. The minimum Gasteiger partial charge on any atom is -0.492 e. The summed E-state index contributed by atoms with van der Waals surface area (Å²) in [6, 6.07) is 12.6. The van der Waals surface area contributed by atoms with Crippen LogP contribution in [0.3, 0.4) is 0 Å². The quantitative estimate of drug-likeness (QED) is 0.149. The summed E-state index contributed by atoms with van der Waals surface area (Å²) in [5.74, 6) is 7.12. The van der Waals surface area contributed by atoms with Crippen LogP contribution in [0.1, 0.15) is 72.6 Å². The maximum absolute atomic E-state index is 13.8. The Hall–Kier alpha value is -6.57. The topological polar surface area (TPSA) is 173 Å². The number of unbranched alkanes of at least 4 members (excludes halogenated alkanes) is 1. The number of hydrogen-bond donors (Lipinski definition) is 3. The molecule has 3 aromatic rings. The largest absolute Gasteiger partial charge is 0.492 e. The average molecular weight is 867 g/mol. The molecule has 2 aromatic carbocycles. The Kier molecular flexibility index (Phi) is 12.4. The van der Waals surface area contributed by atoms with Crippen LogP contribution < -0.4 is 25.6 Å². The highest BCUT2D eigenvalue weighted by Gasteiger charge is 2.42. The molecule has 3 N–H and O–H groups in total. The molecule has 2 atom stereocenters. The summed E-state index contributed by atoms with van der Waals surface area (Å²) in [6.07, 6.45) is 10.4. The van der Waals surface area contributed by atoms with Gasteiger partial charge in [0.15, 0.2) is 5.82 Å². The van der Waals surface area contributed by atoms with Gasteiger partial charge in [0, 0.05) is 88.8 Å². The summed E-state index contributed by atoms with van der Waals surface area (Å²) >= 11 is 0. The highest BCUT2D eigenvalue weighted by atomic mass is 16.5. The predicted molar refractivity (Wildman–Crippen MR) is 241 cm³/mol. The lowest BCUT2D eigenvalue weighted by Crippen LogP contribution is -2.53. The van der Waals surface area contributed by atoms with E-state index in [2.05, 4.69) is 42.6 Å². The number of piperidine rings is 2. The van der Waals surface area contributed by atoms with E-state index in [0.717, 1.165) is 70.4 Å². The normalized spacial score (nSPS) is 21.6. The number of piperazine rings is 1. The molecule has 332 valence electrons. The van der Waals surface area contributed by atoms with Gasteiger partial charge < -0.3 is 35.0 Å². The van der Waals surface area contributed by atoms with Crippen molar-refractivity contribution in [3.05, 3.63) is 83.1 Å². The number of carbonyl (C=O) groups is 5. The molecule has 5 aliphatic heterocycles. The number of nitrogens with one attached hydrogen (secondary N) is 3. The number of aromatic nitrogens is 2. The van der Waals surface area contributed by atoms with Gasteiger partial charge in [-0.05, 0) is 81.5 Å². The lowest BCUT2D eigenvalue weighted by Gasteiger charge is -2.42. The molecule has 16 nitrogen and oxygen atoms in total. The zero-order chi connectivity index (χ0) is 44.3. The average Bonchev–Trinajstić information content (AvgIpc) is 3.60. The van der Waals surface area contributed by atoms with Crippen LogP contribution in [0.5, 0.6) is 5.75 Å². The molecule has 64 heavy (non-hydrogen) atoms. The van der Waals surface area contributed by atoms with Crippen molar-refractivity contribution in [2.45, 2.75) is 64.0 Å². The molecule has 9 rings (SSSR count). The van der Waals surface area contributed by atoms with E-state index in [-0.39, 0.29) is 36.0 Å². The predicted octanol–water partition coefficient (Wildman–Crippen LogP) is 4.48. The van der Waals surface area contributed by atoms with Gasteiger partial charge in [0.25, 0.3) is 17.7 Å². The Morgan fingerprint density at radius 1 is 0.969 bits per heavy atom. The van der Waals surface area contributed by atoms with Crippen LogP contribution in [0, 0.1) is 17.8 Å². The molecular weight excluding hydrogens is 813 g/mol. The lowest BCUT2D eigenvalue weighted by molar-refractivity contribution is -0.142. The number of anilines is 5. The van der Waals surface area contributed by atoms with Gasteiger partial charge in [0.05, 0.1) is 29.7 Å². The second-order valence-electron chi connectivity index (χ2n) is 17.1. The molecule has 2 unspecified atom stereocenters. The SMILES string of the molecule is CCOc1cc(C(=O)N2CCC(N3CCN(CCCC#CC4CC=CC5=C4CN(C4CCC(=O)NC4=O)C5=O)CC3)CC2)ccc1Nc1ncc2c(n1)Nc1ccccc1C(=O)N2C. The molecule has 5 amide bonds. The first-order valence-corrected chi connectivity index (χ1v) is 22.5. The van der Waals surface area contributed by atoms with Crippen molar-refractivity contribution in [3.63, 3.8) is 0 Å². The van der Waals surface area contributed by atoms with Crippen molar-refractivity contribution in [3.8, 4) is 17.6 Å². The van der Waals surface area contributed by atoms with Crippen molar-refractivity contribution >= 4 is 58.4 Å². The van der Waals surface area contributed by atoms with Crippen LogP contribution in [-0.4, -0.2) is 137 Å². The number of imide groups is 1. The van der Waals surface area contributed by atoms with Crippen LogP contribution in [0.2, 0.25) is 0 Å². The van der Waals surface area contributed by atoms with E-state index in [1.165, 1.54) is 4.90 Å². The van der Waals surface area contributed by atoms with Crippen LogP contribution in [0.15, 0.2) is 72.0 Å². The number of likely N-dealkylation sites (tertiary alicyclic amines) is 1. The monoisotopic (exact) mass is 866 g/mol. The smallest absolute Gasteiger partial charge is 0.260 e. The van der Waals surface area contributed by atoms with Gasteiger partial charge in [0.2, 0.25) is 17.8 Å². The zero-order valence-corrected chi connectivity index (χ0v) is 36.4. The second kappa shape index (κ2) is 18.6. The van der Waals surface area contributed by atoms with E-state index in [9.17, 15) is 24.0 Å². The van der Waals surface area contributed by atoms with Crippen molar-refractivity contribution < 1.29 is 28.7 Å². The number of allylic oxidation sites excluding steroid dienone is 1. The number of para-hydroxylation sites is 1. The Labute approximate surface area is 373 Å². The second-order valence-corrected chi connectivity index (χ2v) is 17.1. The van der Waals surface area contributed by atoms with Crippen LogP contribution >= 0.6 is 0 Å². The summed E-state index contributed by atoms with van der Waals surface area (Å²) in [5, 5.41) is 8.91.